The number of halogens is 3. The molecular formula is C24H14Cl2FN5O. The molecule has 0 aliphatic carbocycles. The molecule has 3 heterocycles. The third-order valence-corrected chi connectivity index (χ3v) is 5.71. The van der Waals surface area contributed by atoms with Gasteiger partial charge in [0.1, 0.15) is 17.3 Å². The topological polar surface area (TPSA) is 72.2 Å². The zero-order chi connectivity index (χ0) is 22.9. The van der Waals surface area contributed by atoms with Gasteiger partial charge in [0, 0.05) is 29.1 Å². The molecule has 5 aromatic rings. The molecule has 3 aromatic heterocycles. The Morgan fingerprint density at radius 3 is 2.52 bits per heavy atom. The first-order valence-corrected chi connectivity index (χ1v) is 10.6. The van der Waals surface area contributed by atoms with Gasteiger partial charge in [0.2, 0.25) is 0 Å². The smallest absolute Gasteiger partial charge is 0.256 e. The van der Waals surface area contributed by atoms with E-state index >= 15 is 0 Å². The zero-order valence-corrected chi connectivity index (χ0v) is 18.3. The predicted octanol–water partition coefficient (Wildman–Crippen LogP) is 6.16. The van der Waals surface area contributed by atoms with E-state index in [1.165, 1.54) is 18.2 Å². The summed E-state index contributed by atoms with van der Waals surface area (Å²) in [6.45, 7) is 0. The van der Waals surface area contributed by atoms with Crippen molar-refractivity contribution in [3.05, 3.63) is 101 Å². The first-order chi connectivity index (χ1) is 16.0. The summed E-state index contributed by atoms with van der Waals surface area (Å²) in [4.78, 5) is 21.6. The first-order valence-electron chi connectivity index (χ1n) is 9.82. The van der Waals surface area contributed by atoms with Gasteiger partial charge in [0.05, 0.1) is 15.7 Å². The fourth-order valence-electron chi connectivity index (χ4n) is 3.43. The predicted molar refractivity (Wildman–Crippen MR) is 126 cm³/mol. The summed E-state index contributed by atoms with van der Waals surface area (Å²) in [5, 5.41) is 7.84. The Labute approximate surface area is 197 Å². The van der Waals surface area contributed by atoms with Gasteiger partial charge in [-0.15, -0.1) is 0 Å². The van der Waals surface area contributed by atoms with Crippen LogP contribution in [0.1, 0.15) is 10.4 Å². The van der Waals surface area contributed by atoms with Crippen LogP contribution in [0, 0.1) is 5.82 Å². The zero-order valence-electron chi connectivity index (χ0n) is 16.8. The van der Waals surface area contributed by atoms with Crippen LogP contribution >= 0.6 is 23.2 Å². The minimum atomic E-state index is -0.381. The molecule has 2 aromatic carbocycles. The molecular weight excluding hydrogens is 464 g/mol. The van der Waals surface area contributed by atoms with E-state index in [0.717, 1.165) is 11.1 Å². The number of aromatic nitrogens is 4. The van der Waals surface area contributed by atoms with E-state index in [0.29, 0.717) is 33.4 Å². The van der Waals surface area contributed by atoms with Gasteiger partial charge in [-0.1, -0.05) is 23.2 Å². The normalized spacial score (nSPS) is 11.0. The Balaban J connectivity index is 1.56. The number of imidazole rings is 1. The van der Waals surface area contributed by atoms with Crippen LogP contribution in [0.3, 0.4) is 0 Å². The fourth-order valence-corrected chi connectivity index (χ4v) is 3.73. The van der Waals surface area contributed by atoms with Crippen LogP contribution in [0.2, 0.25) is 10.0 Å². The molecule has 0 saturated carbocycles. The lowest BCUT2D eigenvalue weighted by Gasteiger charge is -2.09. The minimum Gasteiger partial charge on any atom is -0.307 e. The average Bonchev–Trinajstić information content (AvgIpc) is 3.21. The van der Waals surface area contributed by atoms with Crippen molar-refractivity contribution in [1.29, 1.82) is 0 Å². The van der Waals surface area contributed by atoms with Crippen molar-refractivity contribution < 1.29 is 9.18 Å². The van der Waals surface area contributed by atoms with Crippen molar-refractivity contribution in [3.63, 3.8) is 0 Å². The van der Waals surface area contributed by atoms with Gasteiger partial charge in [-0.3, -0.25) is 4.79 Å². The van der Waals surface area contributed by atoms with E-state index in [1.807, 2.05) is 6.07 Å². The second-order valence-corrected chi connectivity index (χ2v) is 7.94. The van der Waals surface area contributed by atoms with Gasteiger partial charge in [0.15, 0.2) is 5.65 Å². The summed E-state index contributed by atoms with van der Waals surface area (Å²) in [5.74, 6) is -0.383. The van der Waals surface area contributed by atoms with Crippen LogP contribution in [-0.2, 0) is 0 Å². The Hall–Kier alpha value is -3.81. The lowest BCUT2D eigenvalue weighted by Crippen LogP contribution is -2.13. The monoisotopic (exact) mass is 477 g/mol. The van der Waals surface area contributed by atoms with Gasteiger partial charge in [0.25, 0.3) is 5.91 Å². The van der Waals surface area contributed by atoms with E-state index in [-0.39, 0.29) is 16.7 Å². The molecule has 9 heteroatoms. The van der Waals surface area contributed by atoms with E-state index in [4.69, 9.17) is 23.2 Å². The highest BCUT2D eigenvalue weighted by atomic mass is 35.5. The number of carbonyl (C=O) groups is 1. The largest absolute Gasteiger partial charge is 0.307 e. The third kappa shape index (κ3) is 4.16. The van der Waals surface area contributed by atoms with Crippen molar-refractivity contribution >= 4 is 40.6 Å². The number of anilines is 1. The van der Waals surface area contributed by atoms with E-state index in [9.17, 15) is 9.18 Å². The SMILES string of the molecule is O=C(Nc1cc(-c2c(-c3ccc(F)cc3)nc3cccnn23)ccn1)c1ccc(Cl)c(Cl)c1. The number of nitrogens with zero attached hydrogens (tertiary/aromatic N) is 4. The van der Waals surface area contributed by atoms with Crippen LogP contribution in [0.15, 0.2) is 79.1 Å². The molecule has 1 amide bonds. The second-order valence-electron chi connectivity index (χ2n) is 7.12. The van der Waals surface area contributed by atoms with Crippen molar-refractivity contribution in [1.82, 2.24) is 19.6 Å². The molecule has 0 fully saturated rings. The van der Waals surface area contributed by atoms with Gasteiger partial charge in [-0.2, -0.15) is 5.10 Å². The van der Waals surface area contributed by atoms with Gasteiger partial charge >= 0.3 is 0 Å². The summed E-state index contributed by atoms with van der Waals surface area (Å²) in [6, 6.07) is 17.8. The summed E-state index contributed by atoms with van der Waals surface area (Å²) in [7, 11) is 0. The Kier molecular flexibility index (Phi) is 5.50. The van der Waals surface area contributed by atoms with Crippen molar-refractivity contribution in [2.75, 3.05) is 5.32 Å². The van der Waals surface area contributed by atoms with Crippen LogP contribution in [-0.4, -0.2) is 25.5 Å². The lowest BCUT2D eigenvalue weighted by atomic mass is 10.1. The van der Waals surface area contributed by atoms with E-state index < -0.39 is 0 Å². The number of nitrogens with one attached hydrogen (secondary N) is 1. The maximum absolute atomic E-state index is 13.5. The Morgan fingerprint density at radius 1 is 0.909 bits per heavy atom. The average molecular weight is 478 g/mol. The Bertz CT molecular complexity index is 1500. The van der Waals surface area contributed by atoms with E-state index in [1.54, 1.807) is 59.4 Å². The van der Waals surface area contributed by atoms with Crippen molar-refractivity contribution in [2.45, 2.75) is 0 Å². The molecule has 0 unspecified atom stereocenters. The quantitative estimate of drug-likeness (QED) is 0.336. The van der Waals surface area contributed by atoms with Crippen LogP contribution < -0.4 is 5.32 Å². The van der Waals surface area contributed by atoms with Crippen molar-refractivity contribution in [2.24, 2.45) is 0 Å². The standard InChI is InChI=1S/C24H14Cl2FN5O/c25-18-8-5-16(12-19(18)26)24(33)30-20-13-15(9-11-28-20)23-22(14-3-6-17(27)7-4-14)31-21-2-1-10-29-32(21)23/h1-13H,(H,28,30,33). The summed E-state index contributed by atoms with van der Waals surface area (Å²) < 4.78 is 15.2. The fraction of sp³-hybridized carbons (Fsp3) is 0. The molecule has 33 heavy (non-hydrogen) atoms. The van der Waals surface area contributed by atoms with Gasteiger partial charge < -0.3 is 5.32 Å². The second kappa shape index (κ2) is 8.61. The van der Waals surface area contributed by atoms with Crippen LogP contribution in [0.25, 0.3) is 28.2 Å². The summed E-state index contributed by atoms with van der Waals surface area (Å²) in [6.07, 6.45) is 3.23. The van der Waals surface area contributed by atoms with E-state index in [2.05, 4.69) is 20.4 Å². The Morgan fingerprint density at radius 2 is 1.73 bits per heavy atom. The molecule has 162 valence electrons. The van der Waals surface area contributed by atoms with Gasteiger partial charge in [-0.25, -0.2) is 18.9 Å². The summed E-state index contributed by atoms with van der Waals surface area (Å²) >= 11 is 12.0. The molecule has 0 radical (unpaired) electrons. The highest BCUT2D eigenvalue weighted by Crippen LogP contribution is 2.33. The molecule has 5 rings (SSSR count). The van der Waals surface area contributed by atoms with Crippen molar-refractivity contribution in [3.8, 4) is 22.5 Å². The number of pyridine rings is 1. The number of hydrogen-bond donors (Lipinski definition) is 1. The third-order valence-electron chi connectivity index (χ3n) is 4.97. The number of fused-ring (bicyclic) bond motifs is 1. The summed E-state index contributed by atoms with van der Waals surface area (Å²) in [5.41, 5.74) is 3.74. The van der Waals surface area contributed by atoms with Gasteiger partial charge in [-0.05, 0) is 66.7 Å². The first kappa shape index (κ1) is 21.1. The molecule has 6 nitrogen and oxygen atoms in total. The highest BCUT2D eigenvalue weighted by molar-refractivity contribution is 6.42. The van der Waals surface area contributed by atoms with Crippen LogP contribution in [0.4, 0.5) is 10.2 Å². The number of rotatable bonds is 4. The number of amides is 1. The molecule has 0 bridgehead atoms. The highest BCUT2D eigenvalue weighted by Gasteiger charge is 2.18. The molecule has 0 saturated heterocycles. The lowest BCUT2D eigenvalue weighted by molar-refractivity contribution is 0.102. The molecule has 0 atom stereocenters. The number of benzene rings is 2. The minimum absolute atomic E-state index is 0.284. The van der Waals surface area contributed by atoms with Crippen LogP contribution in [0.5, 0.6) is 0 Å². The molecule has 0 spiro atoms. The molecule has 1 N–H and O–H groups in total. The maximum Gasteiger partial charge on any atom is 0.256 e. The maximum atomic E-state index is 13.5. The number of carbonyl (C=O) groups excluding carboxylic acids is 1. The molecule has 0 aliphatic heterocycles. The number of hydrogen-bond acceptors (Lipinski definition) is 4. The molecule has 0 aliphatic rings.